The van der Waals surface area contributed by atoms with E-state index in [-0.39, 0.29) is 0 Å². The molecule has 1 heteroatoms. The van der Waals surface area contributed by atoms with Crippen molar-refractivity contribution in [1.82, 2.24) is 0 Å². The number of hydrogen-bond acceptors (Lipinski definition) is 1. The first-order chi connectivity index (χ1) is 27.7. The molecule has 0 saturated carbocycles. The minimum atomic E-state index is 0.426. The van der Waals surface area contributed by atoms with Gasteiger partial charge in [0.15, 0.2) is 0 Å². The van der Waals surface area contributed by atoms with E-state index in [1.807, 2.05) is 12.1 Å². The van der Waals surface area contributed by atoms with Crippen LogP contribution in [0.5, 0.6) is 0 Å². The van der Waals surface area contributed by atoms with Gasteiger partial charge >= 0.3 is 0 Å². The monoisotopic (exact) mass is 712 g/mol. The summed E-state index contributed by atoms with van der Waals surface area (Å²) in [4.78, 5) is 0. The SMILES string of the molecule is C[C@H]1C=Cc2c(c(-c3cc4c5ccccc5c5ccccc5c4c4ccccc34)c3ccccc3c2-c2cccc(-c3ccc4oc5ccccc5c4c3)c2)C1. The number of rotatable bonds is 3. The van der Waals surface area contributed by atoms with Gasteiger partial charge in [-0.2, -0.15) is 0 Å². The molecule has 262 valence electrons. The Morgan fingerprint density at radius 3 is 1.73 bits per heavy atom. The van der Waals surface area contributed by atoms with Gasteiger partial charge in [0.05, 0.1) is 0 Å². The Morgan fingerprint density at radius 2 is 0.964 bits per heavy atom. The van der Waals surface area contributed by atoms with Crippen LogP contribution in [0.2, 0.25) is 0 Å². The van der Waals surface area contributed by atoms with Crippen molar-refractivity contribution in [3.05, 3.63) is 187 Å². The Kier molecular flexibility index (Phi) is 6.74. The Morgan fingerprint density at radius 1 is 0.411 bits per heavy atom. The number of furan rings is 1. The molecule has 0 saturated heterocycles. The maximum Gasteiger partial charge on any atom is 0.135 e. The lowest BCUT2D eigenvalue weighted by atomic mass is 9.76. The van der Waals surface area contributed by atoms with Crippen LogP contribution >= 0.6 is 0 Å². The van der Waals surface area contributed by atoms with Gasteiger partial charge in [0.25, 0.3) is 0 Å². The number of para-hydroxylation sites is 1. The molecule has 0 N–H and O–H groups in total. The molecular weight excluding hydrogens is 677 g/mol. The fourth-order valence-corrected chi connectivity index (χ4v) is 9.91. The van der Waals surface area contributed by atoms with Crippen LogP contribution in [0.15, 0.2) is 180 Å². The molecule has 0 bridgehead atoms. The third-order valence-electron chi connectivity index (χ3n) is 12.4. The fourth-order valence-electron chi connectivity index (χ4n) is 9.91. The third kappa shape index (κ3) is 4.55. The molecule has 1 aliphatic rings. The predicted molar refractivity (Wildman–Crippen MR) is 239 cm³/mol. The van der Waals surface area contributed by atoms with Gasteiger partial charge in [-0.3, -0.25) is 0 Å². The van der Waals surface area contributed by atoms with Crippen LogP contribution in [0.4, 0.5) is 0 Å². The highest BCUT2D eigenvalue weighted by atomic mass is 16.3. The molecule has 56 heavy (non-hydrogen) atoms. The quantitative estimate of drug-likeness (QED) is 0.166. The lowest BCUT2D eigenvalue weighted by Crippen LogP contribution is -2.08. The highest BCUT2D eigenvalue weighted by Crippen LogP contribution is 2.50. The summed E-state index contributed by atoms with van der Waals surface area (Å²) < 4.78 is 6.19. The van der Waals surface area contributed by atoms with Gasteiger partial charge in [0.1, 0.15) is 11.2 Å². The van der Waals surface area contributed by atoms with E-state index >= 15 is 0 Å². The van der Waals surface area contributed by atoms with E-state index in [1.165, 1.54) is 98.4 Å². The van der Waals surface area contributed by atoms with Crippen molar-refractivity contribution in [2.75, 3.05) is 0 Å². The highest BCUT2D eigenvalue weighted by molar-refractivity contribution is 6.33. The van der Waals surface area contributed by atoms with Crippen molar-refractivity contribution in [3.63, 3.8) is 0 Å². The maximum atomic E-state index is 6.19. The van der Waals surface area contributed by atoms with Gasteiger partial charge in [-0.1, -0.05) is 159 Å². The topological polar surface area (TPSA) is 13.1 Å². The molecule has 0 aliphatic heterocycles. The van der Waals surface area contributed by atoms with E-state index in [4.69, 9.17) is 4.42 Å². The molecule has 1 aromatic heterocycles. The molecule has 0 radical (unpaired) electrons. The molecule has 0 amide bonds. The van der Waals surface area contributed by atoms with Crippen molar-refractivity contribution < 1.29 is 4.42 Å². The zero-order valence-corrected chi connectivity index (χ0v) is 31.0. The van der Waals surface area contributed by atoms with Crippen molar-refractivity contribution >= 4 is 81.9 Å². The number of hydrogen-bond donors (Lipinski definition) is 0. The Hall–Kier alpha value is -6.96. The molecule has 1 nitrogen and oxygen atoms in total. The average molecular weight is 713 g/mol. The second kappa shape index (κ2) is 12.0. The van der Waals surface area contributed by atoms with Crippen LogP contribution in [-0.4, -0.2) is 0 Å². The number of benzene rings is 10. The van der Waals surface area contributed by atoms with Gasteiger partial charge < -0.3 is 4.42 Å². The van der Waals surface area contributed by atoms with Gasteiger partial charge in [0, 0.05) is 10.8 Å². The predicted octanol–water partition coefficient (Wildman–Crippen LogP) is 15.6. The first-order valence-corrected chi connectivity index (χ1v) is 19.7. The molecule has 1 aliphatic carbocycles. The molecule has 11 aromatic rings. The van der Waals surface area contributed by atoms with Crippen LogP contribution in [0.3, 0.4) is 0 Å². The second-order valence-corrected chi connectivity index (χ2v) is 15.6. The Balaban J connectivity index is 1.15. The lowest BCUT2D eigenvalue weighted by Gasteiger charge is -2.27. The van der Waals surface area contributed by atoms with Crippen LogP contribution in [0.25, 0.3) is 115 Å². The first kappa shape index (κ1) is 31.4. The summed E-state index contributed by atoms with van der Waals surface area (Å²) in [6, 6.07) is 62.7. The van der Waals surface area contributed by atoms with Crippen LogP contribution in [-0.2, 0) is 6.42 Å². The molecule has 12 rings (SSSR count). The fraction of sp³-hybridized carbons (Fsp3) is 0.0545. The van der Waals surface area contributed by atoms with Crippen molar-refractivity contribution in [2.45, 2.75) is 13.3 Å². The maximum absolute atomic E-state index is 6.19. The summed E-state index contributed by atoms with van der Waals surface area (Å²) in [5.41, 5.74) is 12.2. The molecule has 0 unspecified atom stereocenters. The molecule has 1 heterocycles. The molecule has 1 atom stereocenters. The van der Waals surface area contributed by atoms with Gasteiger partial charge in [-0.05, 0) is 141 Å². The van der Waals surface area contributed by atoms with Crippen molar-refractivity contribution in [3.8, 4) is 33.4 Å². The number of fused-ring (bicyclic) bond motifs is 13. The van der Waals surface area contributed by atoms with E-state index in [9.17, 15) is 0 Å². The third-order valence-corrected chi connectivity index (χ3v) is 12.4. The first-order valence-electron chi connectivity index (χ1n) is 19.7. The van der Waals surface area contributed by atoms with Gasteiger partial charge in [0.2, 0.25) is 0 Å². The van der Waals surface area contributed by atoms with Gasteiger partial charge in [-0.15, -0.1) is 0 Å². The minimum absolute atomic E-state index is 0.426. The van der Waals surface area contributed by atoms with Crippen LogP contribution in [0, 0.1) is 5.92 Å². The van der Waals surface area contributed by atoms with E-state index in [2.05, 4.69) is 177 Å². The second-order valence-electron chi connectivity index (χ2n) is 15.6. The van der Waals surface area contributed by atoms with Crippen LogP contribution < -0.4 is 0 Å². The lowest BCUT2D eigenvalue weighted by molar-refractivity contribution is 0.669. The van der Waals surface area contributed by atoms with Crippen molar-refractivity contribution in [1.29, 1.82) is 0 Å². The number of allylic oxidation sites excluding steroid dienone is 1. The minimum Gasteiger partial charge on any atom is -0.456 e. The van der Waals surface area contributed by atoms with E-state index in [0.717, 1.165) is 28.4 Å². The average Bonchev–Trinajstić information content (AvgIpc) is 3.63. The Labute approximate surface area is 324 Å². The largest absolute Gasteiger partial charge is 0.456 e. The summed E-state index contributed by atoms with van der Waals surface area (Å²) in [6.07, 6.45) is 5.80. The molecular formula is C55H36O. The zero-order chi connectivity index (χ0) is 36.9. The highest BCUT2D eigenvalue weighted by Gasteiger charge is 2.26. The van der Waals surface area contributed by atoms with Gasteiger partial charge in [-0.25, -0.2) is 0 Å². The van der Waals surface area contributed by atoms with Crippen LogP contribution in [0.1, 0.15) is 18.1 Å². The zero-order valence-electron chi connectivity index (χ0n) is 31.0. The molecule has 0 spiro atoms. The summed E-state index contributed by atoms with van der Waals surface area (Å²) in [5.74, 6) is 0.426. The van der Waals surface area contributed by atoms with Crippen molar-refractivity contribution in [2.24, 2.45) is 5.92 Å². The Bertz CT molecular complexity index is 3470. The van der Waals surface area contributed by atoms with E-state index in [1.54, 1.807) is 0 Å². The standard InChI is InChI=1S/C55H36O/c1-33-25-27-46-48(29-33)55(50-32-49-39-17-3-2-15-37(39)38-16-4-6-20-42(38)54(49)43-21-7-5-18-40(43)50)45-23-9-8-22-44(45)53(46)36-14-12-13-34(30-36)35-26-28-52-47(31-35)41-19-10-11-24-51(41)56-52/h2-28,30-33H,29H2,1H3/t33-/m0/s1. The smallest absolute Gasteiger partial charge is 0.135 e. The molecule has 0 fully saturated rings. The normalized spacial score (nSPS) is 14.2. The summed E-state index contributed by atoms with van der Waals surface area (Å²) >= 11 is 0. The van der Waals surface area contributed by atoms with E-state index in [0.29, 0.717) is 5.92 Å². The summed E-state index contributed by atoms with van der Waals surface area (Å²) in [5, 5.41) is 15.3. The summed E-state index contributed by atoms with van der Waals surface area (Å²) in [6.45, 7) is 2.35. The summed E-state index contributed by atoms with van der Waals surface area (Å²) in [7, 11) is 0. The molecule has 10 aromatic carbocycles. The van der Waals surface area contributed by atoms with E-state index < -0.39 is 0 Å².